The second-order valence-electron chi connectivity index (χ2n) is 8.54. The Bertz CT molecular complexity index is 1240. The Labute approximate surface area is 199 Å². The predicted octanol–water partition coefficient (Wildman–Crippen LogP) is 5.56. The molecule has 1 unspecified atom stereocenters. The Morgan fingerprint density at radius 2 is 1.82 bits per heavy atom. The van der Waals surface area contributed by atoms with Gasteiger partial charge in [-0.1, -0.05) is 24.3 Å². The lowest BCUT2D eigenvalue weighted by atomic mass is 9.88. The van der Waals surface area contributed by atoms with E-state index >= 15 is 0 Å². The van der Waals surface area contributed by atoms with Crippen LogP contribution in [-0.4, -0.2) is 34.8 Å². The summed E-state index contributed by atoms with van der Waals surface area (Å²) >= 11 is 1.19. The number of thiazole rings is 1. The van der Waals surface area contributed by atoms with Crippen molar-refractivity contribution in [2.45, 2.75) is 38.8 Å². The minimum Gasteiger partial charge on any atom is -0.366 e. The van der Waals surface area contributed by atoms with Crippen LogP contribution in [0.4, 0.5) is 13.2 Å². The van der Waals surface area contributed by atoms with Crippen LogP contribution in [0.25, 0.3) is 10.6 Å². The summed E-state index contributed by atoms with van der Waals surface area (Å²) in [4.78, 5) is 31.8. The first kappa shape index (κ1) is 23.9. The number of hydrogen-bond acceptors (Lipinski definition) is 4. The highest BCUT2D eigenvalue weighted by Gasteiger charge is 2.31. The van der Waals surface area contributed by atoms with Crippen LogP contribution in [0.3, 0.4) is 0 Å². The molecule has 34 heavy (non-hydrogen) atoms. The molecule has 2 aromatic carbocycles. The van der Waals surface area contributed by atoms with Crippen molar-refractivity contribution < 1.29 is 22.8 Å². The van der Waals surface area contributed by atoms with Gasteiger partial charge >= 0.3 is 6.18 Å². The van der Waals surface area contributed by atoms with Crippen molar-refractivity contribution in [2.24, 2.45) is 5.73 Å². The average Bonchev–Trinajstić information content (AvgIpc) is 3.20. The highest BCUT2D eigenvalue weighted by molar-refractivity contribution is 7.17. The van der Waals surface area contributed by atoms with Gasteiger partial charge in [0.1, 0.15) is 9.88 Å². The summed E-state index contributed by atoms with van der Waals surface area (Å²) in [6, 6.07) is 10.5. The zero-order chi connectivity index (χ0) is 24.6. The maximum absolute atomic E-state index is 13.3. The van der Waals surface area contributed by atoms with Crippen LogP contribution >= 0.6 is 11.3 Å². The number of alkyl halides is 3. The third-order valence-corrected chi connectivity index (χ3v) is 7.35. The van der Waals surface area contributed by atoms with E-state index in [0.717, 1.165) is 36.1 Å². The minimum absolute atomic E-state index is 0.0824. The zero-order valence-corrected chi connectivity index (χ0v) is 19.6. The molecule has 1 aliphatic heterocycles. The summed E-state index contributed by atoms with van der Waals surface area (Å²) in [6.07, 6.45) is -2.69. The van der Waals surface area contributed by atoms with Gasteiger partial charge in [0.05, 0.1) is 11.3 Å². The molecule has 0 radical (unpaired) electrons. The fraction of sp³-hybridized carbons (Fsp3) is 0.320. The van der Waals surface area contributed by atoms with Crippen LogP contribution in [0.5, 0.6) is 0 Å². The van der Waals surface area contributed by atoms with Crippen LogP contribution in [0.2, 0.25) is 0 Å². The molecule has 1 atom stereocenters. The van der Waals surface area contributed by atoms with Gasteiger partial charge in [0.25, 0.3) is 5.91 Å². The first-order valence-corrected chi connectivity index (χ1v) is 11.7. The van der Waals surface area contributed by atoms with E-state index in [4.69, 9.17) is 5.73 Å². The Balaban J connectivity index is 1.54. The van der Waals surface area contributed by atoms with Gasteiger partial charge in [0, 0.05) is 30.1 Å². The van der Waals surface area contributed by atoms with Crippen LogP contribution in [0.15, 0.2) is 42.5 Å². The molecule has 2 heterocycles. The molecule has 2 amide bonds. The van der Waals surface area contributed by atoms with Gasteiger partial charge in [0.15, 0.2) is 0 Å². The molecule has 1 aliphatic rings. The number of piperidine rings is 1. The summed E-state index contributed by atoms with van der Waals surface area (Å²) in [5.41, 5.74) is 8.14. The normalized spacial score (nSPS) is 16.5. The van der Waals surface area contributed by atoms with Gasteiger partial charge in [-0.05, 0) is 56.0 Å². The van der Waals surface area contributed by atoms with Gasteiger partial charge in [0.2, 0.25) is 5.91 Å². The zero-order valence-electron chi connectivity index (χ0n) is 18.8. The van der Waals surface area contributed by atoms with Gasteiger partial charge in [-0.2, -0.15) is 13.2 Å². The van der Waals surface area contributed by atoms with Gasteiger partial charge < -0.3 is 10.6 Å². The Kier molecular flexibility index (Phi) is 6.49. The maximum atomic E-state index is 13.3. The van der Waals surface area contributed by atoms with Crippen molar-refractivity contribution >= 4 is 23.2 Å². The number of likely N-dealkylation sites (tertiary alicyclic amines) is 1. The number of rotatable bonds is 4. The number of primary amides is 1. The number of aryl methyl sites for hydroxylation is 2. The number of carbonyl (C=O) groups excluding carboxylic acids is 2. The number of carbonyl (C=O) groups is 2. The number of hydrogen-bond donors (Lipinski definition) is 1. The van der Waals surface area contributed by atoms with E-state index < -0.39 is 17.6 Å². The largest absolute Gasteiger partial charge is 0.416 e. The summed E-state index contributed by atoms with van der Waals surface area (Å²) in [5.74, 6) is -0.529. The molecule has 2 N–H and O–H groups in total. The van der Waals surface area contributed by atoms with E-state index in [1.165, 1.54) is 23.5 Å². The molecule has 4 rings (SSSR count). The van der Waals surface area contributed by atoms with Crippen LogP contribution in [0, 0.1) is 13.8 Å². The molecule has 0 bridgehead atoms. The highest BCUT2D eigenvalue weighted by atomic mass is 32.1. The second kappa shape index (κ2) is 9.21. The van der Waals surface area contributed by atoms with Crippen LogP contribution in [-0.2, 0) is 6.18 Å². The van der Waals surface area contributed by atoms with E-state index in [-0.39, 0.29) is 11.8 Å². The summed E-state index contributed by atoms with van der Waals surface area (Å²) in [7, 11) is 0. The number of aromatic nitrogens is 1. The van der Waals surface area contributed by atoms with E-state index in [2.05, 4.69) is 4.98 Å². The van der Waals surface area contributed by atoms with Crippen molar-refractivity contribution in [2.75, 3.05) is 13.1 Å². The fourth-order valence-electron chi connectivity index (χ4n) is 4.26. The molecule has 3 aromatic rings. The molecule has 1 saturated heterocycles. The molecular formula is C25H24F3N3O2S. The summed E-state index contributed by atoms with van der Waals surface area (Å²) in [5, 5.41) is 0.507. The SMILES string of the molecule is Cc1ccc(C2CCCN(C(=O)c3sc(-c4ccc(C(F)(F)F)cc4)nc3C)C2)cc1C(N)=O. The summed E-state index contributed by atoms with van der Waals surface area (Å²) < 4.78 is 38.6. The Morgan fingerprint density at radius 3 is 2.47 bits per heavy atom. The second-order valence-corrected chi connectivity index (χ2v) is 9.54. The molecule has 0 spiro atoms. The molecule has 1 fully saturated rings. The quantitative estimate of drug-likeness (QED) is 0.523. The van der Waals surface area contributed by atoms with Crippen molar-refractivity contribution in [3.05, 3.63) is 75.3 Å². The summed E-state index contributed by atoms with van der Waals surface area (Å²) in [6.45, 7) is 4.68. The highest BCUT2D eigenvalue weighted by Crippen LogP contribution is 2.34. The first-order valence-electron chi connectivity index (χ1n) is 10.9. The Morgan fingerprint density at radius 1 is 1.12 bits per heavy atom. The number of amides is 2. The average molecular weight is 488 g/mol. The standard InChI is InChI=1S/C25H24F3N3O2S/c1-14-5-6-17(12-20(14)22(29)32)18-4-3-11-31(13-18)24(33)21-15(2)30-23(34-21)16-7-9-19(10-8-16)25(26,27)28/h5-10,12,18H,3-4,11,13H2,1-2H3,(H2,29,32). The molecular weight excluding hydrogens is 463 g/mol. The van der Waals surface area contributed by atoms with Crippen molar-refractivity contribution in [1.82, 2.24) is 9.88 Å². The molecule has 9 heteroatoms. The smallest absolute Gasteiger partial charge is 0.366 e. The van der Waals surface area contributed by atoms with Crippen molar-refractivity contribution in [1.29, 1.82) is 0 Å². The third kappa shape index (κ3) is 4.84. The molecule has 0 aliphatic carbocycles. The molecule has 5 nitrogen and oxygen atoms in total. The van der Waals surface area contributed by atoms with Crippen LogP contribution in [0.1, 0.15) is 61.2 Å². The molecule has 1 aromatic heterocycles. The lowest BCUT2D eigenvalue weighted by Gasteiger charge is -2.33. The van der Waals surface area contributed by atoms with E-state index in [9.17, 15) is 22.8 Å². The van der Waals surface area contributed by atoms with Crippen molar-refractivity contribution in [3.63, 3.8) is 0 Å². The Hall–Kier alpha value is -3.20. The van der Waals surface area contributed by atoms with Gasteiger partial charge in [-0.3, -0.25) is 9.59 Å². The monoisotopic (exact) mass is 487 g/mol. The predicted molar refractivity (Wildman–Crippen MR) is 125 cm³/mol. The third-order valence-electron chi connectivity index (χ3n) is 6.16. The number of benzene rings is 2. The van der Waals surface area contributed by atoms with Crippen molar-refractivity contribution in [3.8, 4) is 10.6 Å². The lowest BCUT2D eigenvalue weighted by molar-refractivity contribution is -0.137. The molecule has 178 valence electrons. The van der Waals surface area contributed by atoms with E-state index in [1.54, 1.807) is 11.8 Å². The number of halogens is 3. The first-order chi connectivity index (χ1) is 16.0. The fourth-order valence-corrected chi connectivity index (χ4v) is 5.30. The number of nitrogens with zero attached hydrogens (tertiary/aromatic N) is 2. The van der Waals surface area contributed by atoms with Gasteiger partial charge in [-0.25, -0.2) is 4.98 Å². The lowest BCUT2D eigenvalue weighted by Crippen LogP contribution is -2.39. The number of nitrogens with two attached hydrogens (primary N) is 1. The van der Waals surface area contributed by atoms with Gasteiger partial charge in [-0.15, -0.1) is 11.3 Å². The van der Waals surface area contributed by atoms with E-state index in [0.29, 0.717) is 39.8 Å². The topological polar surface area (TPSA) is 76.3 Å². The van der Waals surface area contributed by atoms with Crippen LogP contribution < -0.4 is 5.73 Å². The molecule has 0 saturated carbocycles. The minimum atomic E-state index is -4.40. The maximum Gasteiger partial charge on any atom is 0.416 e. The van der Waals surface area contributed by atoms with E-state index in [1.807, 2.05) is 25.1 Å².